The smallest absolute Gasteiger partial charge is 0.411 e. The third-order valence-corrected chi connectivity index (χ3v) is 5.02. The highest BCUT2D eigenvalue weighted by atomic mass is 35.5. The van der Waals surface area contributed by atoms with Crippen LogP contribution >= 0.6 is 23.2 Å². The first kappa shape index (κ1) is 18.6. The number of carbonyl (C=O) groups excluding carboxylic acids is 1. The summed E-state index contributed by atoms with van der Waals surface area (Å²) in [4.78, 5) is 16.3. The Bertz CT molecular complexity index is 1220. The van der Waals surface area contributed by atoms with Crippen molar-refractivity contribution in [2.24, 2.45) is 0 Å². The van der Waals surface area contributed by atoms with Crippen LogP contribution in [-0.2, 0) is 11.3 Å². The lowest BCUT2D eigenvalue weighted by atomic mass is 10.1. The number of carbonyl (C=O) groups is 1. The second-order valence-electron chi connectivity index (χ2n) is 6.12. The molecule has 0 spiro atoms. The molecule has 2 aromatic heterocycles. The molecule has 4 rings (SSSR count). The second-order valence-corrected chi connectivity index (χ2v) is 6.96. The van der Waals surface area contributed by atoms with E-state index < -0.39 is 6.09 Å². The van der Waals surface area contributed by atoms with E-state index in [4.69, 9.17) is 28.2 Å². The van der Waals surface area contributed by atoms with E-state index in [1.165, 1.54) is 7.11 Å². The molecule has 142 valence electrons. The Labute approximate surface area is 170 Å². The van der Waals surface area contributed by atoms with Gasteiger partial charge in [0, 0.05) is 27.9 Å². The maximum absolute atomic E-state index is 11.5. The zero-order chi connectivity index (χ0) is 19.8. The summed E-state index contributed by atoms with van der Waals surface area (Å²) in [5, 5.41) is 15.3. The maximum atomic E-state index is 11.5. The SMILES string of the molecule is COC(=O)Nc1ccc2ccn3c(CO)c(-c4ccc(Cl)cc4Cl)nc3c2c1. The molecule has 0 radical (unpaired) electrons. The summed E-state index contributed by atoms with van der Waals surface area (Å²) in [6.07, 6.45) is 1.29. The van der Waals surface area contributed by atoms with Crippen molar-refractivity contribution in [1.82, 2.24) is 9.38 Å². The van der Waals surface area contributed by atoms with Crippen LogP contribution in [0.3, 0.4) is 0 Å². The van der Waals surface area contributed by atoms with E-state index >= 15 is 0 Å². The Hall–Kier alpha value is -2.80. The molecule has 0 bridgehead atoms. The quantitative estimate of drug-likeness (QED) is 0.486. The normalized spacial score (nSPS) is 11.1. The van der Waals surface area contributed by atoms with Crippen molar-refractivity contribution >= 4 is 51.4 Å². The van der Waals surface area contributed by atoms with Crippen molar-refractivity contribution in [3.05, 3.63) is 64.4 Å². The van der Waals surface area contributed by atoms with Gasteiger partial charge in [0.05, 0.1) is 30.1 Å². The summed E-state index contributed by atoms with van der Waals surface area (Å²) in [5.41, 5.74) is 3.06. The van der Waals surface area contributed by atoms with E-state index in [1.54, 1.807) is 24.3 Å². The number of imidazole rings is 1. The lowest BCUT2D eigenvalue weighted by Crippen LogP contribution is -2.10. The number of hydrogen-bond acceptors (Lipinski definition) is 4. The van der Waals surface area contributed by atoms with Gasteiger partial charge in [-0.2, -0.15) is 0 Å². The number of nitrogens with zero attached hydrogens (tertiary/aromatic N) is 2. The summed E-state index contributed by atoms with van der Waals surface area (Å²) in [7, 11) is 1.30. The van der Waals surface area contributed by atoms with Gasteiger partial charge in [0.15, 0.2) is 0 Å². The molecular formula is C20H15Cl2N3O3. The van der Waals surface area contributed by atoms with E-state index in [0.717, 1.165) is 10.8 Å². The number of anilines is 1. The number of amides is 1. The van der Waals surface area contributed by atoms with E-state index in [9.17, 15) is 9.90 Å². The first-order chi connectivity index (χ1) is 13.5. The van der Waals surface area contributed by atoms with Gasteiger partial charge in [-0.1, -0.05) is 29.3 Å². The Morgan fingerprint density at radius 1 is 1.21 bits per heavy atom. The molecule has 0 aliphatic carbocycles. The number of benzene rings is 2. The van der Waals surface area contributed by atoms with Crippen LogP contribution in [0.5, 0.6) is 0 Å². The van der Waals surface area contributed by atoms with Gasteiger partial charge in [-0.3, -0.25) is 5.32 Å². The number of halogens is 2. The van der Waals surface area contributed by atoms with Gasteiger partial charge in [-0.05, 0) is 41.8 Å². The molecule has 0 aliphatic rings. The molecule has 2 N–H and O–H groups in total. The minimum atomic E-state index is -0.556. The third kappa shape index (κ3) is 3.16. The number of pyridine rings is 1. The Morgan fingerprint density at radius 2 is 2.04 bits per heavy atom. The van der Waals surface area contributed by atoms with Crippen LogP contribution < -0.4 is 5.32 Å². The number of aliphatic hydroxyl groups is 1. The monoisotopic (exact) mass is 415 g/mol. The Morgan fingerprint density at radius 3 is 2.75 bits per heavy atom. The van der Waals surface area contributed by atoms with Crippen molar-refractivity contribution in [1.29, 1.82) is 0 Å². The van der Waals surface area contributed by atoms with Crippen LogP contribution in [-0.4, -0.2) is 27.7 Å². The average Bonchev–Trinajstić information content (AvgIpc) is 3.06. The van der Waals surface area contributed by atoms with E-state index in [-0.39, 0.29) is 6.61 Å². The fourth-order valence-corrected chi connectivity index (χ4v) is 3.66. The lowest BCUT2D eigenvalue weighted by molar-refractivity contribution is 0.187. The summed E-state index contributed by atoms with van der Waals surface area (Å²) in [6, 6.07) is 12.5. The van der Waals surface area contributed by atoms with Crippen LogP contribution in [0.25, 0.3) is 27.7 Å². The number of aliphatic hydroxyl groups excluding tert-OH is 1. The molecule has 2 heterocycles. The predicted molar refractivity (Wildman–Crippen MR) is 110 cm³/mol. The molecule has 2 aromatic carbocycles. The molecule has 8 heteroatoms. The molecule has 0 fully saturated rings. The number of ether oxygens (including phenoxy) is 1. The van der Waals surface area contributed by atoms with E-state index in [2.05, 4.69) is 10.1 Å². The number of aromatic nitrogens is 2. The van der Waals surface area contributed by atoms with Crippen molar-refractivity contribution in [2.75, 3.05) is 12.4 Å². The van der Waals surface area contributed by atoms with Crippen LogP contribution in [0.2, 0.25) is 10.0 Å². The molecular weight excluding hydrogens is 401 g/mol. The van der Waals surface area contributed by atoms with Gasteiger partial charge < -0.3 is 14.2 Å². The molecule has 0 saturated heterocycles. The van der Waals surface area contributed by atoms with Crippen molar-refractivity contribution < 1.29 is 14.6 Å². The van der Waals surface area contributed by atoms with Crippen LogP contribution in [0.1, 0.15) is 5.69 Å². The molecule has 6 nitrogen and oxygen atoms in total. The van der Waals surface area contributed by atoms with E-state index in [0.29, 0.717) is 38.3 Å². The number of hydrogen-bond donors (Lipinski definition) is 2. The van der Waals surface area contributed by atoms with Crippen LogP contribution in [0.4, 0.5) is 10.5 Å². The fourth-order valence-electron chi connectivity index (χ4n) is 3.16. The molecule has 1 amide bonds. The number of nitrogens with one attached hydrogen (secondary N) is 1. The van der Waals surface area contributed by atoms with Gasteiger partial charge in [0.1, 0.15) is 5.65 Å². The van der Waals surface area contributed by atoms with Crippen molar-refractivity contribution in [3.63, 3.8) is 0 Å². The minimum Gasteiger partial charge on any atom is -0.453 e. The minimum absolute atomic E-state index is 0.221. The average molecular weight is 416 g/mol. The first-order valence-electron chi connectivity index (χ1n) is 8.36. The third-order valence-electron chi connectivity index (χ3n) is 4.48. The number of rotatable bonds is 3. The largest absolute Gasteiger partial charge is 0.453 e. The summed E-state index contributed by atoms with van der Waals surface area (Å²) in [5.74, 6) is 0. The Balaban J connectivity index is 1.96. The van der Waals surface area contributed by atoms with Gasteiger partial charge >= 0.3 is 6.09 Å². The number of methoxy groups -OCH3 is 1. The highest BCUT2D eigenvalue weighted by molar-refractivity contribution is 6.36. The predicted octanol–water partition coefficient (Wildman–Crippen LogP) is 5.13. The molecule has 0 aliphatic heterocycles. The van der Waals surface area contributed by atoms with Crippen LogP contribution in [0, 0.1) is 0 Å². The fraction of sp³-hybridized carbons (Fsp3) is 0.100. The molecule has 0 atom stereocenters. The topological polar surface area (TPSA) is 75.9 Å². The molecule has 0 saturated carbocycles. The summed E-state index contributed by atoms with van der Waals surface area (Å²) >= 11 is 12.4. The van der Waals surface area contributed by atoms with Gasteiger partial charge in [0.25, 0.3) is 0 Å². The van der Waals surface area contributed by atoms with Crippen molar-refractivity contribution in [2.45, 2.75) is 6.61 Å². The highest BCUT2D eigenvalue weighted by Crippen LogP contribution is 2.34. The first-order valence-corrected chi connectivity index (χ1v) is 9.12. The van der Waals surface area contributed by atoms with E-state index in [1.807, 2.05) is 28.8 Å². The van der Waals surface area contributed by atoms with Crippen molar-refractivity contribution in [3.8, 4) is 11.3 Å². The molecule has 28 heavy (non-hydrogen) atoms. The Kier molecular flexibility index (Phi) is 4.85. The van der Waals surface area contributed by atoms with Gasteiger partial charge in [0.2, 0.25) is 0 Å². The summed E-state index contributed by atoms with van der Waals surface area (Å²) in [6.45, 7) is -0.221. The van der Waals surface area contributed by atoms with Gasteiger partial charge in [-0.15, -0.1) is 0 Å². The standard InChI is InChI=1S/C20H15Cl2N3O3/c1-28-20(27)23-13-4-2-11-6-7-25-17(10-26)18(24-19(25)15(11)9-13)14-5-3-12(21)8-16(14)22/h2-9,26H,10H2,1H3,(H,23,27). The highest BCUT2D eigenvalue weighted by Gasteiger charge is 2.18. The van der Waals surface area contributed by atoms with Gasteiger partial charge in [-0.25, -0.2) is 9.78 Å². The summed E-state index contributed by atoms with van der Waals surface area (Å²) < 4.78 is 6.46. The lowest BCUT2D eigenvalue weighted by Gasteiger charge is -2.07. The zero-order valence-electron chi connectivity index (χ0n) is 14.7. The molecule has 4 aromatic rings. The maximum Gasteiger partial charge on any atom is 0.411 e. The molecule has 0 unspecified atom stereocenters. The second kappa shape index (κ2) is 7.31. The zero-order valence-corrected chi connectivity index (χ0v) is 16.3. The number of fused-ring (bicyclic) bond motifs is 3. The van der Waals surface area contributed by atoms with Crippen LogP contribution in [0.15, 0.2) is 48.7 Å².